The molecule has 238 valence electrons. The van der Waals surface area contributed by atoms with E-state index in [1.807, 2.05) is 0 Å². The minimum Gasteiger partial charge on any atom is -0.308 e. The lowest BCUT2D eigenvalue weighted by Crippen LogP contribution is -2.15. The summed E-state index contributed by atoms with van der Waals surface area (Å²) in [6, 6.07) is 34.0. The lowest BCUT2D eigenvalue weighted by molar-refractivity contribution is 0.592. The van der Waals surface area contributed by atoms with Crippen LogP contribution in [-0.2, 0) is 22.7 Å². The second-order valence-electron chi connectivity index (χ2n) is 17.4. The number of benzene rings is 6. The summed E-state index contributed by atoms with van der Waals surface area (Å²) < 4.78 is 2.62. The van der Waals surface area contributed by atoms with Gasteiger partial charge in [-0.25, -0.2) is 0 Å². The Hall–Kier alpha value is -4.88. The van der Waals surface area contributed by atoms with Crippen LogP contribution in [0.1, 0.15) is 93.8 Å². The molecule has 0 amide bonds. The Labute approximate surface area is 288 Å². The van der Waals surface area contributed by atoms with Crippen molar-refractivity contribution in [3.63, 3.8) is 0 Å². The van der Waals surface area contributed by atoms with Gasteiger partial charge in [0.15, 0.2) is 0 Å². The molecule has 0 N–H and O–H groups in total. The molecular weight excluding hydrogens is 591 g/mol. The molecule has 0 atom stereocenters. The third kappa shape index (κ3) is 3.37. The van der Waals surface area contributed by atoms with Gasteiger partial charge in [-0.15, -0.1) is 0 Å². The van der Waals surface area contributed by atoms with Gasteiger partial charge >= 0.3 is 0 Å². The van der Waals surface area contributed by atoms with E-state index in [1.165, 1.54) is 110 Å². The van der Waals surface area contributed by atoms with E-state index in [0.29, 0.717) is 0 Å². The van der Waals surface area contributed by atoms with Gasteiger partial charge in [-0.1, -0.05) is 91.0 Å². The number of nitrogens with zero attached hydrogens (tertiary/aromatic N) is 1. The standard InChI is InChI=1S/C48H41N/c1-46(2,3)30-20-37-35-22-41-33(31-16-26-12-8-10-14-28(26)18-39(31)47(41,4)5)24-43(35)49-44-25-34-32-17-27-13-9-11-15-29(27)19-40(32)48(6,7)42(34)23-36(44)38(21-30)45(37)49/h8-10,12-14,16-25H,11,15H2,1-7H3. The number of rotatable bonds is 0. The van der Waals surface area contributed by atoms with Gasteiger partial charge in [0.05, 0.1) is 16.6 Å². The average Bonchev–Trinajstić information content (AvgIpc) is 3.72. The summed E-state index contributed by atoms with van der Waals surface area (Å²) in [5.41, 5.74) is 19.6. The van der Waals surface area contributed by atoms with Crippen LogP contribution >= 0.6 is 0 Å². The van der Waals surface area contributed by atoms with Crippen LogP contribution in [0.5, 0.6) is 0 Å². The average molecular weight is 632 g/mol. The van der Waals surface area contributed by atoms with Crippen molar-refractivity contribution in [3.05, 3.63) is 130 Å². The highest BCUT2D eigenvalue weighted by atomic mass is 14.9. The first-order valence-electron chi connectivity index (χ1n) is 18.2. The van der Waals surface area contributed by atoms with Gasteiger partial charge in [-0.3, -0.25) is 0 Å². The van der Waals surface area contributed by atoms with Gasteiger partial charge in [-0.05, 0) is 145 Å². The SMILES string of the molecule is CC(C)(C)c1cc2c3cc4c(cc3n3c5cc6c(cc5c(c1)c23)C(C)(C)c1cc2ccccc2cc1-6)-c1cc2c(cc1C4(C)C)CCC=C2. The molecule has 0 bridgehead atoms. The topological polar surface area (TPSA) is 4.41 Å². The van der Waals surface area contributed by atoms with Crippen LogP contribution in [0.2, 0.25) is 0 Å². The van der Waals surface area contributed by atoms with E-state index in [9.17, 15) is 0 Å². The van der Waals surface area contributed by atoms with Crippen LogP contribution in [0.15, 0.2) is 91.0 Å². The number of hydrogen-bond donors (Lipinski definition) is 0. The van der Waals surface area contributed by atoms with E-state index in [0.717, 1.165) is 12.8 Å². The largest absolute Gasteiger partial charge is 0.308 e. The molecule has 8 aromatic rings. The molecule has 0 saturated heterocycles. The van der Waals surface area contributed by atoms with Gasteiger partial charge in [0, 0.05) is 32.4 Å². The van der Waals surface area contributed by atoms with Gasteiger partial charge in [-0.2, -0.15) is 0 Å². The molecule has 1 nitrogen and oxygen atoms in total. The molecule has 49 heavy (non-hydrogen) atoms. The first-order valence-corrected chi connectivity index (χ1v) is 18.2. The highest BCUT2D eigenvalue weighted by molar-refractivity contribution is 6.25. The zero-order chi connectivity index (χ0) is 33.4. The van der Waals surface area contributed by atoms with E-state index in [4.69, 9.17) is 0 Å². The number of aromatic nitrogens is 1. The predicted octanol–water partition coefficient (Wildman–Crippen LogP) is 12.9. The Bertz CT molecular complexity index is 2840. The monoisotopic (exact) mass is 631 g/mol. The summed E-state index contributed by atoms with van der Waals surface area (Å²) in [6.45, 7) is 16.8. The van der Waals surface area contributed by atoms with Crippen molar-refractivity contribution in [2.75, 3.05) is 0 Å². The number of aryl methyl sites for hydroxylation is 1. The maximum Gasteiger partial charge on any atom is 0.0620 e. The molecule has 0 unspecified atom stereocenters. The fourth-order valence-electron chi connectivity index (χ4n) is 10.0. The lowest BCUT2D eigenvalue weighted by atomic mass is 9.80. The smallest absolute Gasteiger partial charge is 0.0620 e. The van der Waals surface area contributed by atoms with Gasteiger partial charge in [0.2, 0.25) is 0 Å². The minimum absolute atomic E-state index is 0.0348. The third-order valence-corrected chi connectivity index (χ3v) is 12.9. The van der Waals surface area contributed by atoms with Gasteiger partial charge in [0.1, 0.15) is 0 Å². The van der Waals surface area contributed by atoms with Crippen LogP contribution in [0.25, 0.3) is 77.2 Å². The van der Waals surface area contributed by atoms with Crippen molar-refractivity contribution >= 4 is 54.9 Å². The Morgan fingerprint density at radius 3 is 1.71 bits per heavy atom. The Balaban J connectivity index is 1.28. The highest BCUT2D eigenvalue weighted by Gasteiger charge is 2.39. The number of fused-ring (bicyclic) bond motifs is 14. The summed E-state index contributed by atoms with van der Waals surface area (Å²) in [6.07, 6.45) is 6.95. The van der Waals surface area contributed by atoms with Gasteiger partial charge in [0.25, 0.3) is 0 Å². The Kier molecular flexibility index (Phi) is 4.94. The summed E-state index contributed by atoms with van der Waals surface area (Å²) in [5, 5.41) is 8.15. The first kappa shape index (κ1) is 28.0. The van der Waals surface area contributed by atoms with Crippen LogP contribution in [0.4, 0.5) is 0 Å². The normalized spacial score (nSPS) is 17.0. The van der Waals surface area contributed by atoms with Crippen molar-refractivity contribution in [2.45, 2.75) is 77.6 Å². The van der Waals surface area contributed by atoms with E-state index >= 15 is 0 Å². The molecule has 11 rings (SSSR count). The van der Waals surface area contributed by atoms with Crippen LogP contribution in [0, 0.1) is 0 Å². The maximum absolute atomic E-state index is 2.62. The maximum atomic E-state index is 2.62. The van der Waals surface area contributed by atoms with E-state index in [-0.39, 0.29) is 16.2 Å². The Morgan fingerprint density at radius 1 is 0.571 bits per heavy atom. The Morgan fingerprint density at radius 2 is 1.10 bits per heavy atom. The summed E-state index contributed by atoms with van der Waals surface area (Å²) >= 11 is 0. The molecule has 1 heteroatoms. The fourth-order valence-corrected chi connectivity index (χ4v) is 10.0. The molecule has 0 saturated carbocycles. The predicted molar refractivity (Wildman–Crippen MR) is 210 cm³/mol. The summed E-state index contributed by atoms with van der Waals surface area (Å²) in [4.78, 5) is 0. The molecule has 0 fully saturated rings. The van der Waals surface area contributed by atoms with E-state index in [2.05, 4.69) is 150 Å². The fraction of sp³-hybridized carbons (Fsp3) is 0.250. The van der Waals surface area contributed by atoms with E-state index < -0.39 is 0 Å². The van der Waals surface area contributed by atoms with Crippen molar-refractivity contribution in [1.82, 2.24) is 4.40 Å². The molecule has 2 heterocycles. The molecule has 0 spiro atoms. The second kappa shape index (κ2) is 8.64. The van der Waals surface area contributed by atoms with Gasteiger partial charge < -0.3 is 4.40 Å². The molecule has 6 aromatic carbocycles. The highest BCUT2D eigenvalue weighted by Crippen LogP contribution is 2.55. The third-order valence-electron chi connectivity index (χ3n) is 12.9. The minimum atomic E-state index is -0.0759. The van der Waals surface area contributed by atoms with Crippen molar-refractivity contribution in [3.8, 4) is 22.3 Å². The number of hydrogen-bond acceptors (Lipinski definition) is 0. The second-order valence-corrected chi connectivity index (χ2v) is 17.4. The molecule has 3 aliphatic rings. The first-order chi connectivity index (χ1) is 23.4. The van der Waals surface area contributed by atoms with Crippen molar-refractivity contribution in [1.29, 1.82) is 0 Å². The number of allylic oxidation sites excluding steroid dienone is 1. The zero-order valence-corrected chi connectivity index (χ0v) is 29.6. The molecule has 3 aliphatic carbocycles. The zero-order valence-electron chi connectivity index (χ0n) is 29.6. The molecule has 2 aromatic heterocycles. The molecule has 0 aliphatic heterocycles. The quantitative estimate of drug-likeness (QED) is 0.157. The molecule has 0 radical (unpaired) electrons. The van der Waals surface area contributed by atoms with Crippen LogP contribution in [0.3, 0.4) is 0 Å². The molecular formula is C48H41N. The van der Waals surface area contributed by atoms with Crippen molar-refractivity contribution < 1.29 is 0 Å². The summed E-state index contributed by atoms with van der Waals surface area (Å²) in [7, 11) is 0. The summed E-state index contributed by atoms with van der Waals surface area (Å²) in [5.74, 6) is 0. The van der Waals surface area contributed by atoms with Crippen LogP contribution in [-0.4, -0.2) is 4.40 Å². The van der Waals surface area contributed by atoms with Crippen molar-refractivity contribution in [2.24, 2.45) is 0 Å². The van der Waals surface area contributed by atoms with Crippen LogP contribution < -0.4 is 0 Å². The van der Waals surface area contributed by atoms with E-state index in [1.54, 1.807) is 0 Å². The lowest BCUT2D eigenvalue weighted by Gasteiger charge is -2.23.